The highest BCUT2D eigenvalue weighted by Gasteiger charge is 2.27. The normalized spacial score (nSPS) is 16.0. The Labute approximate surface area is 107 Å². The van der Waals surface area contributed by atoms with Crippen molar-refractivity contribution in [2.24, 2.45) is 0 Å². The van der Waals surface area contributed by atoms with Crippen LogP contribution >= 0.6 is 11.6 Å². The quantitative estimate of drug-likeness (QED) is 0.793. The summed E-state index contributed by atoms with van der Waals surface area (Å²) in [6.07, 6.45) is 0.646. The van der Waals surface area contributed by atoms with Gasteiger partial charge in [0.1, 0.15) is 5.38 Å². The molecule has 2 atom stereocenters. The maximum atomic E-state index is 11.9. The Morgan fingerprint density at radius 3 is 2.53 bits per heavy atom. The number of alkyl halides is 1. The van der Waals surface area contributed by atoms with Crippen LogP contribution in [0.15, 0.2) is 30.3 Å². The molecule has 2 unspecified atom stereocenters. The van der Waals surface area contributed by atoms with Gasteiger partial charge < -0.3 is 10.4 Å². The van der Waals surface area contributed by atoms with E-state index < -0.39 is 10.9 Å². The average Bonchev–Trinajstić information content (AvgIpc) is 2.38. The summed E-state index contributed by atoms with van der Waals surface area (Å²) in [5.41, 5.74) is 0.141. The van der Waals surface area contributed by atoms with Gasteiger partial charge in [0.25, 0.3) is 0 Å². The average molecular weight is 256 g/mol. The van der Waals surface area contributed by atoms with E-state index in [1.165, 1.54) is 0 Å². The van der Waals surface area contributed by atoms with Gasteiger partial charge in [-0.05, 0) is 18.9 Å². The highest BCUT2D eigenvalue weighted by molar-refractivity contribution is 6.30. The smallest absolute Gasteiger partial charge is 0.243 e. The Kier molecular flexibility index (Phi) is 4.97. The van der Waals surface area contributed by atoms with Crippen LogP contribution in [-0.4, -0.2) is 23.2 Å². The van der Waals surface area contributed by atoms with Gasteiger partial charge in [-0.15, -0.1) is 11.6 Å². The molecule has 3 nitrogen and oxygen atoms in total. The van der Waals surface area contributed by atoms with Crippen LogP contribution in [0.1, 0.15) is 31.2 Å². The highest BCUT2D eigenvalue weighted by atomic mass is 35.5. The van der Waals surface area contributed by atoms with Gasteiger partial charge in [0.15, 0.2) is 0 Å². The second kappa shape index (κ2) is 6.03. The number of nitrogens with one attached hydrogen (secondary N) is 1. The summed E-state index contributed by atoms with van der Waals surface area (Å²) in [5, 5.41) is 11.3. The lowest BCUT2D eigenvalue weighted by Gasteiger charge is -2.28. The molecule has 0 aliphatic carbocycles. The first-order valence-corrected chi connectivity index (χ1v) is 6.08. The lowest BCUT2D eigenvalue weighted by molar-refractivity contribution is -0.123. The van der Waals surface area contributed by atoms with Gasteiger partial charge in [-0.3, -0.25) is 4.79 Å². The molecule has 1 amide bonds. The largest absolute Gasteiger partial charge is 0.394 e. The fourth-order valence-electron chi connectivity index (χ4n) is 1.37. The molecule has 0 saturated heterocycles. The lowest BCUT2D eigenvalue weighted by atomic mass is 9.99. The van der Waals surface area contributed by atoms with Crippen LogP contribution in [0.25, 0.3) is 0 Å². The summed E-state index contributed by atoms with van der Waals surface area (Å²) in [5.74, 6) is -0.281. The zero-order chi connectivity index (χ0) is 12.9. The molecule has 1 aromatic rings. The number of aliphatic hydroxyl groups is 1. The molecule has 0 saturated carbocycles. The predicted octanol–water partition coefficient (Wildman–Crippen LogP) is 2.24. The van der Waals surface area contributed by atoms with Crippen molar-refractivity contribution in [3.63, 3.8) is 0 Å². The van der Waals surface area contributed by atoms with Crippen molar-refractivity contribution in [1.29, 1.82) is 0 Å². The fraction of sp³-hybridized carbons (Fsp3) is 0.462. The Balaban J connectivity index is 2.71. The third-order valence-corrected chi connectivity index (χ3v) is 3.33. The topological polar surface area (TPSA) is 49.3 Å². The highest BCUT2D eigenvalue weighted by Crippen LogP contribution is 2.21. The number of carbonyl (C=O) groups excluding carboxylic acids is 1. The lowest BCUT2D eigenvalue weighted by Crippen LogP contribution is -2.49. The third-order valence-electron chi connectivity index (χ3n) is 2.88. The first kappa shape index (κ1) is 14.0. The molecule has 94 valence electrons. The Bertz CT molecular complexity index is 363. The number of hydrogen-bond donors (Lipinski definition) is 2. The van der Waals surface area contributed by atoms with Crippen molar-refractivity contribution in [3.8, 4) is 0 Å². The summed E-state index contributed by atoms with van der Waals surface area (Å²) in [6.45, 7) is 3.59. The first-order valence-electron chi connectivity index (χ1n) is 5.64. The molecule has 0 fully saturated rings. The van der Waals surface area contributed by atoms with E-state index in [1.54, 1.807) is 19.1 Å². The number of amides is 1. The van der Waals surface area contributed by atoms with Crippen LogP contribution in [0.3, 0.4) is 0 Å². The van der Waals surface area contributed by atoms with Crippen LogP contribution in [0.5, 0.6) is 0 Å². The summed E-state index contributed by atoms with van der Waals surface area (Å²) in [6, 6.07) is 9.15. The number of hydrogen-bond acceptors (Lipinski definition) is 2. The van der Waals surface area contributed by atoms with Gasteiger partial charge >= 0.3 is 0 Å². The van der Waals surface area contributed by atoms with Gasteiger partial charge in [0, 0.05) is 0 Å². The molecule has 0 aromatic heterocycles. The molecule has 17 heavy (non-hydrogen) atoms. The molecule has 0 spiro atoms. The van der Waals surface area contributed by atoms with Crippen LogP contribution in [0.2, 0.25) is 0 Å². The van der Waals surface area contributed by atoms with Crippen molar-refractivity contribution >= 4 is 17.5 Å². The minimum Gasteiger partial charge on any atom is -0.394 e. The number of carbonyl (C=O) groups is 1. The Morgan fingerprint density at radius 2 is 2.06 bits per heavy atom. The van der Waals surface area contributed by atoms with E-state index in [0.717, 1.165) is 5.56 Å². The van der Waals surface area contributed by atoms with Gasteiger partial charge in [-0.1, -0.05) is 37.3 Å². The SMILES string of the molecule is CCC(C)(CO)NC(=O)C(Cl)c1ccccc1. The molecule has 0 bridgehead atoms. The van der Waals surface area contributed by atoms with E-state index in [9.17, 15) is 9.90 Å². The zero-order valence-corrected chi connectivity index (χ0v) is 10.9. The summed E-state index contributed by atoms with van der Waals surface area (Å²) < 4.78 is 0. The van der Waals surface area contributed by atoms with Crippen molar-refractivity contribution < 1.29 is 9.90 Å². The van der Waals surface area contributed by atoms with Gasteiger partial charge in [-0.2, -0.15) is 0 Å². The third kappa shape index (κ3) is 3.72. The molecule has 1 aromatic carbocycles. The van der Waals surface area contributed by atoms with Gasteiger partial charge in [-0.25, -0.2) is 0 Å². The Hall–Kier alpha value is -1.06. The summed E-state index contributed by atoms with van der Waals surface area (Å²) in [4.78, 5) is 11.9. The minimum atomic E-state index is -0.728. The predicted molar refractivity (Wildman–Crippen MR) is 69.0 cm³/mol. The number of rotatable bonds is 5. The molecular formula is C13H18ClNO2. The molecule has 0 aliphatic heterocycles. The van der Waals surface area contributed by atoms with E-state index in [1.807, 2.05) is 25.1 Å². The standard InChI is InChI=1S/C13H18ClNO2/c1-3-13(2,9-16)15-12(17)11(14)10-7-5-4-6-8-10/h4-8,11,16H,3,9H2,1-2H3,(H,15,17). The molecule has 0 aliphatic rings. The minimum absolute atomic E-state index is 0.104. The second-order valence-electron chi connectivity index (χ2n) is 4.33. The van der Waals surface area contributed by atoms with Crippen molar-refractivity contribution in [3.05, 3.63) is 35.9 Å². The molecule has 4 heteroatoms. The Morgan fingerprint density at radius 1 is 1.47 bits per heavy atom. The van der Waals surface area contributed by atoms with E-state index >= 15 is 0 Å². The van der Waals surface area contributed by atoms with Crippen LogP contribution < -0.4 is 5.32 Å². The van der Waals surface area contributed by atoms with Crippen LogP contribution in [0.4, 0.5) is 0 Å². The zero-order valence-electron chi connectivity index (χ0n) is 10.1. The number of halogens is 1. The van der Waals surface area contributed by atoms with Crippen molar-refractivity contribution in [1.82, 2.24) is 5.32 Å². The first-order chi connectivity index (χ1) is 8.02. The molecule has 0 radical (unpaired) electrons. The summed E-state index contributed by atoms with van der Waals surface area (Å²) >= 11 is 6.08. The monoisotopic (exact) mass is 255 g/mol. The van der Waals surface area contributed by atoms with Crippen LogP contribution in [0, 0.1) is 0 Å². The fourth-order valence-corrected chi connectivity index (χ4v) is 1.57. The maximum Gasteiger partial charge on any atom is 0.243 e. The number of benzene rings is 1. The van der Waals surface area contributed by atoms with E-state index in [2.05, 4.69) is 5.32 Å². The second-order valence-corrected chi connectivity index (χ2v) is 4.77. The van der Waals surface area contributed by atoms with Gasteiger partial charge in [0.05, 0.1) is 12.1 Å². The number of aliphatic hydroxyl groups excluding tert-OH is 1. The van der Waals surface area contributed by atoms with E-state index in [4.69, 9.17) is 11.6 Å². The molecule has 2 N–H and O–H groups in total. The summed E-state index contributed by atoms with van der Waals surface area (Å²) in [7, 11) is 0. The molecular weight excluding hydrogens is 238 g/mol. The van der Waals surface area contributed by atoms with Crippen molar-refractivity contribution in [2.45, 2.75) is 31.2 Å². The van der Waals surface area contributed by atoms with Crippen LogP contribution in [-0.2, 0) is 4.79 Å². The van der Waals surface area contributed by atoms with E-state index in [-0.39, 0.29) is 12.5 Å². The molecule has 0 heterocycles. The van der Waals surface area contributed by atoms with E-state index in [0.29, 0.717) is 6.42 Å². The maximum absolute atomic E-state index is 11.9. The van der Waals surface area contributed by atoms with Crippen molar-refractivity contribution in [2.75, 3.05) is 6.61 Å². The van der Waals surface area contributed by atoms with Gasteiger partial charge in [0.2, 0.25) is 5.91 Å². The molecule has 1 rings (SSSR count).